The molecule has 0 amide bonds. The van der Waals surface area contributed by atoms with Gasteiger partial charge in [0.25, 0.3) is 0 Å². The first-order valence-electron chi connectivity index (χ1n) is 6.09. The van der Waals surface area contributed by atoms with Gasteiger partial charge in [-0.05, 0) is 41.5 Å². The van der Waals surface area contributed by atoms with Gasteiger partial charge in [0.05, 0.1) is 6.04 Å². The molecule has 0 spiro atoms. The van der Waals surface area contributed by atoms with Crippen molar-refractivity contribution >= 4 is 5.69 Å². The molecule has 0 radical (unpaired) electrons. The number of anilines is 1. The van der Waals surface area contributed by atoms with E-state index >= 15 is 0 Å². The molecule has 1 aromatic heterocycles. The molecule has 1 aromatic carbocycles. The Morgan fingerprint density at radius 3 is 2.78 bits per heavy atom. The van der Waals surface area contributed by atoms with Crippen LogP contribution < -0.4 is 5.73 Å². The Labute approximate surface area is 104 Å². The van der Waals surface area contributed by atoms with E-state index in [1.165, 1.54) is 25.0 Å². The molecule has 0 saturated heterocycles. The van der Waals surface area contributed by atoms with Crippen molar-refractivity contribution in [2.45, 2.75) is 31.7 Å². The smallest absolute Gasteiger partial charge is 0.184 e. The van der Waals surface area contributed by atoms with Gasteiger partial charge in [-0.1, -0.05) is 12.8 Å². The molecule has 1 fully saturated rings. The lowest BCUT2D eigenvalue weighted by Gasteiger charge is -2.12. The van der Waals surface area contributed by atoms with E-state index in [0.29, 0.717) is 23.1 Å². The highest BCUT2D eigenvalue weighted by atomic mass is 19.1. The summed E-state index contributed by atoms with van der Waals surface area (Å²) >= 11 is 0. The molecule has 0 atom stereocenters. The second kappa shape index (κ2) is 4.36. The van der Waals surface area contributed by atoms with Crippen molar-refractivity contribution in [1.82, 2.24) is 20.2 Å². The molecule has 1 aliphatic rings. The van der Waals surface area contributed by atoms with Crippen molar-refractivity contribution in [2.75, 3.05) is 5.73 Å². The lowest BCUT2D eigenvalue weighted by atomic mass is 10.1. The van der Waals surface area contributed by atoms with Crippen LogP contribution in [0.1, 0.15) is 31.7 Å². The molecule has 6 heteroatoms. The molecule has 3 rings (SSSR count). The Morgan fingerprint density at radius 2 is 2.06 bits per heavy atom. The van der Waals surface area contributed by atoms with Crippen LogP contribution in [0.5, 0.6) is 0 Å². The van der Waals surface area contributed by atoms with Gasteiger partial charge in [0.1, 0.15) is 5.82 Å². The number of rotatable bonds is 2. The van der Waals surface area contributed by atoms with Gasteiger partial charge < -0.3 is 5.73 Å². The quantitative estimate of drug-likeness (QED) is 0.826. The molecule has 0 bridgehead atoms. The highest BCUT2D eigenvalue weighted by Gasteiger charge is 2.23. The third-order valence-electron chi connectivity index (χ3n) is 3.42. The molecule has 18 heavy (non-hydrogen) atoms. The van der Waals surface area contributed by atoms with Crippen LogP contribution in [0.4, 0.5) is 10.1 Å². The summed E-state index contributed by atoms with van der Waals surface area (Å²) in [6.45, 7) is 0. The SMILES string of the molecule is Nc1cc(F)ccc1-c1nnnn1C1CCCC1. The Bertz CT molecular complexity index is 559. The molecule has 5 nitrogen and oxygen atoms in total. The van der Waals surface area contributed by atoms with Crippen molar-refractivity contribution in [3.8, 4) is 11.4 Å². The van der Waals surface area contributed by atoms with Crippen LogP contribution in [-0.2, 0) is 0 Å². The van der Waals surface area contributed by atoms with E-state index in [9.17, 15) is 4.39 Å². The molecule has 2 aromatic rings. The number of tetrazole rings is 1. The van der Waals surface area contributed by atoms with Crippen LogP contribution >= 0.6 is 0 Å². The minimum Gasteiger partial charge on any atom is -0.398 e. The van der Waals surface area contributed by atoms with E-state index in [1.807, 2.05) is 4.68 Å². The molecular formula is C12H14FN5. The van der Waals surface area contributed by atoms with E-state index in [4.69, 9.17) is 5.73 Å². The van der Waals surface area contributed by atoms with Gasteiger partial charge >= 0.3 is 0 Å². The van der Waals surface area contributed by atoms with Crippen LogP contribution in [0, 0.1) is 5.82 Å². The minimum atomic E-state index is -0.351. The summed E-state index contributed by atoms with van der Waals surface area (Å²) in [4.78, 5) is 0. The average Bonchev–Trinajstić information content (AvgIpc) is 2.98. The zero-order valence-corrected chi connectivity index (χ0v) is 9.88. The van der Waals surface area contributed by atoms with E-state index in [0.717, 1.165) is 12.8 Å². The van der Waals surface area contributed by atoms with Gasteiger partial charge in [-0.2, -0.15) is 0 Å². The average molecular weight is 247 g/mol. The minimum absolute atomic E-state index is 0.333. The first kappa shape index (κ1) is 11.1. The zero-order chi connectivity index (χ0) is 12.5. The summed E-state index contributed by atoms with van der Waals surface area (Å²) in [7, 11) is 0. The summed E-state index contributed by atoms with van der Waals surface area (Å²) in [6.07, 6.45) is 4.56. The number of nitrogens with two attached hydrogens (primary N) is 1. The predicted molar refractivity (Wildman–Crippen MR) is 65.1 cm³/mol. The number of hydrogen-bond acceptors (Lipinski definition) is 4. The predicted octanol–water partition coefficient (Wildman–Crippen LogP) is 2.18. The molecule has 0 aliphatic heterocycles. The molecule has 2 N–H and O–H groups in total. The first-order chi connectivity index (χ1) is 8.75. The number of nitrogen functional groups attached to an aromatic ring is 1. The zero-order valence-electron chi connectivity index (χ0n) is 9.88. The van der Waals surface area contributed by atoms with Crippen molar-refractivity contribution < 1.29 is 4.39 Å². The topological polar surface area (TPSA) is 69.6 Å². The van der Waals surface area contributed by atoms with E-state index < -0.39 is 0 Å². The fourth-order valence-electron chi connectivity index (χ4n) is 2.50. The second-order valence-electron chi connectivity index (χ2n) is 4.62. The maximum Gasteiger partial charge on any atom is 0.184 e. The van der Waals surface area contributed by atoms with Crippen molar-refractivity contribution in [3.05, 3.63) is 24.0 Å². The normalized spacial score (nSPS) is 16.3. The number of nitrogens with zero attached hydrogens (tertiary/aromatic N) is 4. The lowest BCUT2D eigenvalue weighted by Crippen LogP contribution is -2.09. The number of halogens is 1. The summed E-state index contributed by atoms with van der Waals surface area (Å²) in [5.41, 5.74) is 6.88. The Kier molecular flexibility index (Phi) is 2.70. The van der Waals surface area contributed by atoms with Crippen LogP contribution in [-0.4, -0.2) is 20.2 Å². The molecule has 1 aliphatic carbocycles. The molecular weight excluding hydrogens is 233 g/mol. The maximum atomic E-state index is 13.1. The van der Waals surface area contributed by atoms with Crippen LogP contribution in [0.15, 0.2) is 18.2 Å². The van der Waals surface area contributed by atoms with Gasteiger partial charge in [0.2, 0.25) is 0 Å². The van der Waals surface area contributed by atoms with Crippen molar-refractivity contribution in [2.24, 2.45) is 0 Å². The van der Waals surface area contributed by atoms with Gasteiger partial charge in [-0.15, -0.1) is 5.10 Å². The fourth-order valence-corrected chi connectivity index (χ4v) is 2.50. The Morgan fingerprint density at radius 1 is 1.28 bits per heavy atom. The molecule has 94 valence electrons. The second-order valence-corrected chi connectivity index (χ2v) is 4.62. The molecule has 0 unspecified atom stereocenters. The fraction of sp³-hybridized carbons (Fsp3) is 0.417. The third-order valence-corrected chi connectivity index (χ3v) is 3.42. The summed E-state index contributed by atoms with van der Waals surface area (Å²) in [5, 5.41) is 11.8. The molecule has 1 heterocycles. The van der Waals surface area contributed by atoms with E-state index in [-0.39, 0.29) is 5.82 Å². The first-order valence-corrected chi connectivity index (χ1v) is 6.09. The van der Waals surface area contributed by atoms with E-state index in [2.05, 4.69) is 15.5 Å². The van der Waals surface area contributed by atoms with Gasteiger partial charge in [0, 0.05) is 11.3 Å². The highest BCUT2D eigenvalue weighted by molar-refractivity contribution is 5.71. The van der Waals surface area contributed by atoms with E-state index in [1.54, 1.807) is 6.07 Å². The van der Waals surface area contributed by atoms with Crippen LogP contribution in [0.2, 0.25) is 0 Å². The van der Waals surface area contributed by atoms with Crippen LogP contribution in [0.25, 0.3) is 11.4 Å². The number of hydrogen-bond donors (Lipinski definition) is 1. The van der Waals surface area contributed by atoms with Gasteiger partial charge in [0.15, 0.2) is 5.82 Å². The van der Waals surface area contributed by atoms with Crippen molar-refractivity contribution in [1.29, 1.82) is 0 Å². The number of aromatic nitrogens is 4. The van der Waals surface area contributed by atoms with Crippen molar-refractivity contribution in [3.63, 3.8) is 0 Å². The largest absolute Gasteiger partial charge is 0.398 e. The summed E-state index contributed by atoms with van der Waals surface area (Å²) < 4.78 is 14.9. The summed E-state index contributed by atoms with van der Waals surface area (Å²) in [5.74, 6) is 0.274. The monoisotopic (exact) mass is 247 g/mol. The standard InChI is InChI=1S/C12H14FN5/c13-8-5-6-10(11(14)7-8)12-15-16-17-18(12)9-3-1-2-4-9/h5-7,9H,1-4,14H2. The van der Waals surface area contributed by atoms with Gasteiger partial charge in [-0.25, -0.2) is 9.07 Å². The van der Waals surface area contributed by atoms with Crippen LogP contribution in [0.3, 0.4) is 0 Å². The Hall–Kier alpha value is -1.98. The van der Waals surface area contributed by atoms with Gasteiger partial charge in [-0.3, -0.25) is 0 Å². The molecule has 1 saturated carbocycles. The lowest BCUT2D eigenvalue weighted by molar-refractivity contribution is 0.458. The Balaban J connectivity index is 2.03. The third kappa shape index (κ3) is 1.83. The maximum absolute atomic E-state index is 13.1. The highest BCUT2D eigenvalue weighted by Crippen LogP contribution is 2.33. The summed E-state index contributed by atoms with van der Waals surface area (Å²) in [6, 6.07) is 4.63. The number of benzene rings is 1.